The fraction of sp³-hybridized carbons (Fsp3) is 0.214. The molecule has 0 spiro atoms. The number of carbonyl (C=O) groups is 2. The van der Waals surface area contributed by atoms with Crippen molar-refractivity contribution < 1.29 is 14.3 Å². The molecule has 184 valence electrons. The SMILES string of the molecule is COc1ccccc1CNC(=O)[C@H]1c2c(n(C)c3ccccc23)SCC(=O)N1c1ccc(C)c(Cl)c1. The fourth-order valence-electron chi connectivity index (χ4n) is 4.71. The molecule has 36 heavy (non-hydrogen) atoms. The number of rotatable bonds is 5. The van der Waals surface area contributed by atoms with E-state index in [1.165, 1.54) is 11.8 Å². The molecule has 5 rings (SSSR count). The first-order valence-corrected chi connectivity index (χ1v) is 12.9. The maximum absolute atomic E-state index is 14.0. The van der Waals surface area contributed by atoms with Gasteiger partial charge in [0.1, 0.15) is 11.8 Å². The number of halogens is 1. The normalized spacial score (nSPS) is 15.5. The van der Waals surface area contributed by atoms with Crippen LogP contribution in [0.5, 0.6) is 5.75 Å². The molecule has 1 aromatic heterocycles. The third kappa shape index (κ3) is 4.22. The summed E-state index contributed by atoms with van der Waals surface area (Å²) >= 11 is 7.92. The average Bonchev–Trinajstić information content (AvgIpc) is 3.06. The van der Waals surface area contributed by atoms with Crippen LogP contribution in [0.2, 0.25) is 5.02 Å². The van der Waals surface area contributed by atoms with Gasteiger partial charge in [-0.05, 0) is 36.8 Å². The zero-order valence-electron chi connectivity index (χ0n) is 20.2. The highest BCUT2D eigenvalue weighted by molar-refractivity contribution is 8.00. The molecule has 0 saturated heterocycles. The Bertz CT molecular complexity index is 1480. The zero-order chi connectivity index (χ0) is 25.4. The van der Waals surface area contributed by atoms with Gasteiger partial charge in [0, 0.05) is 46.3 Å². The summed E-state index contributed by atoms with van der Waals surface area (Å²) in [6, 6.07) is 20.1. The van der Waals surface area contributed by atoms with Crippen molar-refractivity contribution >= 4 is 51.8 Å². The molecule has 0 aliphatic carbocycles. The van der Waals surface area contributed by atoms with Crippen molar-refractivity contribution in [1.29, 1.82) is 0 Å². The van der Waals surface area contributed by atoms with Crippen LogP contribution >= 0.6 is 23.4 Å². The molecule has 6 nitrogen and oxygen atoms in total. The Balaban J connectivity index is 1.65. The van der Waals surface area contributed by atoms with Gasteiger partial charge in [0.2, 0.25) is 11.8 Å². The van der Waals surface area contributed by atoms with E-state index in [0.717, 1.165) is 32.6 Å². The minimum Gasteiger partial charge on any atom is -0.496 e. The number of benzene rings is 3. The molecule has 0 saturated carbocycles. The molecular formula is C28H26ClN3O3S. The number of hydrogen-bond acceptors (Lipinski definition) is 4. The van der Waals surface area contributed by atoms with E-state index < -0.39 is 6.04 Å². The molecule has 8 heteroatoms. The quantitative estimate of drug-likeness (QED) is 0.370. The van der Waals surface area contributed by atoms with Crippen molar-refractivity contribution in [3.63, 3.8) is 0 Å². The number of aryl methyl sites for hydroxylation is 2. The van der Waals surface area contributed by atoms with Crippen LogP contribution in [0.15, 0.2) is 71.8 Å². The van der Waals surface area contributed by atoms with Gasteiger partial charge in [0.15, 0.2) is 0 Å². The summed E-state index contributed by atoms with van der Waals surface area (Å²) < 4.78 is 7.52. The highest BCUT2D eigenvalue weighted by Crippen LogP contribution is 2.43. The second kappa shape index (κ2) is 9.91. The van der Waals surface area contributed by atoms with Crippen LogP contribution in [-0.2, 0) is 23.2 Å². The monoisotopic (exact) mass is 519 g/mol. The number of anilines is 1. The number of nitrogens with one attached hydrogen (secondary N) is 1. The summed E-state index contributed by atoms with van der Waals surface area (Å²) in [5.74, 6) is 0.473. The number of para-hydroxylation sites is 2. The first-order valence-electron chi connectivity index (χ1n) is 11.6. The Labute approximate surface area is 219 Å². The zero-order valence-corrected chi connectivity index (χ0v) is 21.8. The fourth-order valence-corrected chi connectivity index (χ4v) is 5.95. The number of amides is 2. The number of hydrogen-bond donors (Lipinski definition) is 1. The molecule has 4 aromatic rings. The number of nitrogens with zero attached hydrogens (tertiary/aromatic N) is 2. The van der Waals surface area contributed by atoms with Gasteiger partial charge in [-0.3, -0.25) is 14.5 Å². The predicted molar refractivity (Wildman–Crippen MR) is 145 cm³/mol. The van der Waals surface area contributed by atoms with Crippen molar-refractivity contribution in [3.8, 4) is 5.75 Å². The lowest BCUT2D eigenvalue weighted by Gasteiger charge is -2.30. The summed E-state index contributed by atoms with van der Waals surface area (Å²) in [6.45, 7) is 2.18. The second-order valence-electron chi connectivity index (χ2n) is 8.71. The van der Waals surface area contributed by atoms with Crippen LogP contribution in [0.4, 0.5) is 5.69 Å². The Morgan fingerprint density at radius 2 is 1.89 bits per heavy atom. The summed E-state index contributed by atoms with van der Waals surface area (Å²) in [7, 11) is 3.58. The molecule has 0 unspecified atom stereocenters. The van der Waals surface area contributed by atoms with Crippen molar-refractivity contribution in [2.24, 2.45) is 7.05 Å². The maximum Gasteiger partial charge on any atom is 0.248 e. The van der Waals surface area contributed by atoms with E-state index in [1.54, 1.807) is 18.1 Å². The molecule has 1 aliphatic heterocycles. The first kappa shape index (κ1) is 24.3. The van der Waals surface area contributed by atoms with Gasteiger partial charge in [-0.2, -0.15) is 0 Å². The molecular weight excluding hydrogens is 494 g/mol. The van der Waals surface area contributed by atoms with Gasteiger partial charge in [-0.25, -0.2) is 0 Å². The first-order chi connectivity index (χ1) is 17.4. The van der Waals surface area contributed by atoms with Gasteiger partial charge in [0.25, 0.3) is 0 Å². The van der Waals surface area contributed by atoms with Crippen molar-refractivity contribution in [1.82, 2.24) is 9.88 Å². The summed E-state index contributed by atoms with van der Waals surface area (Å²) in [4.78, 5) is 29.2. The molecule has 0 fully saturated rings. The van der Waals surface area contributed by atoms with Crippen LogP contribution in [0.1, 0.15) is 22.7 Å². The topological polar surface area (TPSA) is 63.6 Å². The minimum atomic E-state index is -0.873. The lowest BCUT2D eigenvalue weighted by atomic mass is 10.0. The van der Waals surface area contributed by atoms with Gasteiger partial charge < -0.3 is 14.6 Å². The minimum absolute atomic E-state index is 0.155. The lowest BCUT2D eigenvalue weighted by molar-refractivity contribution is -0.125. The third-order valence-corrected chi connectivity index (χ3v) is 8.12. The number of aromatic nitrogens is 1. The Morgan fingerprint density at radius 3 is 2.67 bits per heavy atom. The summed E-state index contributed by atoms with van der Waals surface area (Å²) in [5, 5.41) is 5.46. The highest BCUT2D eigenvalue weighted by atomic mass is 35.5. The van der Waals surface area contributed by atoms with Gasteiger partial charge in [0.05, 0.1) is 17.9 Å². The van der Waals surface area contributed by atoms with Crippen LogP contribution in [0.25, 0.3) is 10.9 Å². The van der Waals surface area contributed by atoms with E-state index in [9.17, 15) is 9.59 Å². The van der Waals surface area contributed by atoms with Crippen LogP contribution in [0, 0.1) is 6.92 Å². The van der Waals surface area contributed by atoms with Gasteiger partial charge in [-0.1, -0.05) is 65.8 Å². The van der Waals surface area contributed by atoms with E-state index in [0.29, 0.717) is 16.5 Å². The standard InChI is InChI=1S/C28H26ClN3O3S/c1-17-12-13-19(14-21(17)29)32-24(33)16-36-28-25(20-9-5-6-10-22(20)31(28)2)26(32)27(34)30-15-18-8-4-7-11-23(18)35-3/h4-14,26H,15-16H2,1-3H3,(H,30,34)/t26-/m1/s1. The molecule has 1 aliphatic rings. The molecule has 2 heterocycles. The van der Waals surface area contributed by atoms with E-state index in [2.05, 4.69) is 9.88 Å². The van der Waals surface area contributed by atoms with Crippen LogP contribution in [-0.4, -0.2) is 29.2 Å². The Kier molecular flexibility index (Phi) is 6.69. The van der Waals surface area contributed by atoms with E-state index in [4.69, 9.17) is 16.3 Å². The second-order valence-corrected chi connectivity index (χ2v) is 10.1. The van der Waals surface area contributed by atoms with Crippen LogP contribution < -0.4 is 15.0 Å². The number of carbonyl (C=O) groups excluding carboxylic acids is 2. The smallest absolute Gasteiger partial charge is 0.248 e. The average molecular weight is 520 g/mol. The van der Waals surface area contributed by atoms with E-state index >= 15 is 0 Å². The molecule has 3 aromatic carbocycles. The number of methoxy groups -OCH3 is 1. The highest BCUT2D eigenvalue weighted by Gasteiger charge is 2.39. The number of ether oxygens (including phenoxy) is 1. The van der Waals surface area contributed by atoms with Gasteiger partial charge in [-0.15, -0.1) is 0 Å². The maximum atomic E-state index is 14.0. The van der Waals surface area contributed by atoms with E-state index in [1.807, 2.05) is 74.6 Å². The number of thioether (sulfide) groups is 1. The molecule has 1 atom stereocenters. The van der Waals surface area contributed by atoms with Gasteiger partial charge >= 0.3 is 0 Å². The molecule has 1 N–H and O–H groups in total. The van der Waals surface area contributed by atoms with E-state index in [-0.39, 0.29) is 24.1 Å². The van der Waals surface area contributed by atoms with Crippen LogP contribution in [0.3, 0.4) is 0 Å². The summed E-state index contributed by atoms with van der Waals surface area (Å²) in [5.41, 5.74) is 4.17. The van der Waals surface area contributed by atoms with Crippen molar-refractivity contribution in [3.05, 3.63) is 88.4 Å². The number of fused-ring (bicyclic) bond motifs is 3. The Morgan fingerprint density at radius 1 is 1.14 bits per heavy atom. The largest absolute Gasteiger partial charge is 0.496 e. The molecule has 2 amide bonds. The molecule has 0 radical (unpaired) electrons. The molecule has 0 bridgehead atoms. The Hall–Kier alpha value is -3.42. The van der Waals surface area contributed by atoms with Crippen molar-refractivity contribution in [2.45, 2.75) is 24.5 Å². The van der Waals surface area contributed by atoms with Crippen molar-refractivity contribution in [2.75, 3.05) is 17.8 Å². The summed E-state index contributed by atoms with van der Waals surface area (Å²) in [6.07, 6.45) is 0. The third-order valence-electron chi connectivity index (χ3n) is 6.55. The lowest BCUT2D eigenvalue weighted by Crippen LogP contribution is -2.43. The predicted octanol–water partition coefficient (Wildman–Crippen LogP) is 5.65.